The summed E-state index contributed by atoms with van der Waals surface area (Å²) in [6, 6.07) is 9.14. The van der Waals surface area contributed by atoms with Gasteiger partial charge < -0.3 is 18.9 Å². The van der Waals surface area contributed by atoms with Crippen molar-refractivity contribution in [2.45, 2.75) is 63.1 Å². The molecule has 3 aliphatic rings. The molecule has 0 unspecified atom stereocenters. The first kappa shape index (κ1) is 17.5. The molecule has 1 spiro atoms. The molecular formula is C20H25NO5. The molecule has 2 heterocycles. The number of hydrogen-bond acceptors (Lipinski definition) is 6. The molecule has 0 bridgehead atoms. The van der Waals surface area contributed by atoms with Crippen LogP contribution >= 0.6 is 0 Å². The number of carbonyl (C=O) groups excluding carboxylic acids is 1. The molecule has 3 atom stereocenters. The van der Waals surface area contributed by atoms with E-state index in [1.807, 2.05) is 30.3 Å². The summed E-state index contributed by atoms with van der Waals surface area (Å²) in [5.74, 6) is -0.449. The number of carbonyl (C=O) groups is 1. The zero-order valence-corrected chi connectivity index (χ0v) is 15.1. The fraction of sp³-hybridized carbons (Fsp3) is 0.600. The van der Waals surface area contributed by atoms with E-state index in [1.54, 1.807) is 6.92 Å². The average molecular weight is 359 g/mol. The van der Waals surface area contributed by atoms with Gasteiger partial charge in [0, 0.05) is 18.4 Å². The van der Waals surface area contributed by atoms with E-state index in [4.69, 9.17) is 23.9 Å². The Balaban J connectivity index is 1.56. The van der Waals surface area contributed by atoms with E-state index in [9.17, 15) is 4.79 Å². The van der Waals surface area contributed by atoms with Crippen LogP contribution in [0.1, 0.15) is 44.6 Å². The minimum absolute atomic E-state index is 0.302. The van der Waals surface area contributed by atoms with Crippen LogP contribution in [0.15, 0.2) is 35.3 Å². The van der Waals surface area contributed by atoms with Crippen LogP contribution in [0.4, 0.5) is 0 Å². The van der Waals surface area contributed by atoms with Gasteiger partial charge in [-0.2, -0.15) is 0 Å². The van der Waals surface area contributed by atoms with E-state index in [-0.39, 0.29) is 6.10 Å². The highest BCUT2D eigenvalue weighted by Crippen LogP contribution is 2.40. The second-order valence-corrected chi connectivity index (χ2v) is 7.02. The molecule has 1 aliphatic carbocycles. The van der Waals surface area contributed by atoms with E-state index in [2.05, 4.69) is 0 Å². The number of nitrogens with zero attached hydrogens (tertiary/aromatic N) is 1. The number of benzene rings is 1. The van der Waals surface area contributed by atoms with Crippen molar-refractivity contribution < 1.29 is 23.7 Å². The topological polar surface area (TPSA) is 66.4 Å². The zero-order valence-electron chi connectivity index (χ0n) is 15.1. The van der Waals surface area contributed by atoms with Gasteiger partial charge in [-0.3, -0.25) is 0 Å². The van der Waals surface area contributed by atoms with Crippen LogP contribution in [0.5, 0.6) is 0 Å². The summed E-state index contributed by atoms with van der Waals surface area (Å²) >= 11 is 0. The van der Waals surface area contributed by atoms with Crippen molar-refractivity contribution in [1.82, 2.24) is 0 Å². The first-order valence-electron chi connectivity index (χ1n) is 9.49. The van der Waals surface area contributed by atoms with E-state index < -0.39 is 23.9 Å². The first-order valence-corrected chi connectivity index (χ1v) is 9.49. The van der Waals surface area contributed by atoms with Gasteiger partial charge in [0.15, 0.2) is 5.79 Å². The number of rotatable bonds is 4. The van der Waals surface area contributed by atoms with Crippen molar-refractivity contribution in [1.29, 1.82) is 0 Å². The number of aliphatic imine (C=N–C) groups is 1. The Morgan fingerprint density at radius 2 is 2.00 bits per heavy atom. The molecule has 1 aromatic carbocycles. The monoisotopic (exact) mass is 359 g/mol. The predicted molar refractivity (Wildman–Crippen MR) is 94.9 cm³/mol. The lowest BCUT2D eigenvalue weighted by Gasteiger charge is -2.32. The van der Waals surface area contributed by atoms with Crippen LogP contribution in [0, 0.1) is 0 Å². The normalized spacial score (nSPS) is 30.0. The average Bonchev–Trinajstić information content (AvgIpc) is 3.28. The van der Waals surface area contributed by atoms with Crippen LogP contribution < -0.4 is 0 Å². The molecule has 6 nitrogen and oxygen atoms in total. The molecule has 6 heteroatoms. The van der Waals surface area contributed by atoms with Crippen molar-refractivity contribution in [3.8, 4) is 0 Å². The lowest BCUT2D eigenvalue weighted by Crippen LogP contribution is -2.43. The van der Waals surface area contributed by atoms with Gasteiger partial charge in [0.2, 0.25) is 12.0 Å². The molecule has 0 N–H and O–H groups in total. The van der Waals surface area contributed by atoms with E-state index in [0.717, 1.165) is 31.2 Å². The maximum absolute atomic E-state index is 12.4. The van der Waals surface area contributed by atoms with Crippen LogP contribution in [-0.4, -0.2) is 49.1 Å². The lowest BCUT2D eigenvalue weighted by molar-refractivity contribution is -0.191. The SMILES string of the molecule is CCOC(=O)[C@H]1OC(c2ccccc2)=N[C@H]1[C@H]1COC2(CCCCC2)O1. The van der Waals surface area contributed by atoms with E-state index in [1.165, 1.54) is 6.42 Å². The van der Waals surface area contributed by atoms with Crippen LogP contribution in [0.2, 0.25) is 0 Å². The molecule has 4 rings (SSSR count). The van der Waals surface area contributed by atoms with Gasteiger partial charge >= 0.3 is 5.97 Å². The van der Waals surface area contributed by atoms with Gasteiger partial charge in [0.25, 0.3) is 0 Å². The number of hydrogen-bond donors (Lipinski definition) is 0. The van der Waals surface area contributed by atoms with Crippen LogP contribution in [0.25, 0.3) is 0 Å². The molecule has 2 fully saturated rings. The number of esters is 1. The third-order valence-corrected chi connectivity index (χ3v) is 5.23. The molecule has 140 valence electrons. The summed E-state index contributed by atoms with van der Waals surface area (Å²) in [7, 11) is 0. The van der Waals surface area contributed by atoms with Crippen molar-refractivity contribution in [3.63, 3.8) is 0 Å². The molecule has 1 aromatic rings. The second kappa shape index (κ2) is 7.37. The summed E-state index contributed by atoms with van der Waals surface area (Å²) in [6.45, 7) is 2.51. The Hall–Kier alpha value is -1.92. The Labute approximate surface area is 153 Å². The van der Waals surface area contributed by atoms with Gasteiger partial charge in [-0.1, -0.05) is 24.6 Å². The third-order valence-electron chi connectivity index (χ3n) is 5.23. The van der Waals surface area contributed by atoms with Gasteiger partial charge in [-0.15, -0.1) is 0 Å². The molecule has 0 radical (unpaired) electrons. The molecule has 0 amide bonds. The molecular weight excluding hydrogens is 334 g/mol. The highest BCUT2D eigenvalue weighted by Gasteiger charge is 2.51. The largest absolute Gasteiger partial charge is 0.463 e. The fourth-order valence-electron chi connectivity index (χ4n) is 3.94. The van der Waals surface area contributed by atoms with Crippen molar-refractivity contribution in [3.05, 3.63) is 35.9 Å². The summed E-state index contributed by atoms with van der Waals surface area (Å²) in [5.41, 5.74) is 0.843. The minimum atomic E-state index is -0.794. The Morgan fingerprint density at radius 1 is 1.23 bits per heavy atom. The first-order chi connectivity index (χ1) is 12.7. The van der Waals surface area contributed by atoms with Gasteiger partial charge in [0.1, 0.15) is 12.1 Å². The van der Waals surface area contributed by atoms with Gasteiger partial charge in [0.05, 0.1) is 13.2 Å². The Bertz CT molecular complexity index is 668. The summed E-state index contributed by atoms with van der Waals surface area (Å²) < 4.78 is 23.4. The standard InChI is InChI=1S/C20H25NO5/c1-2-23-19(22)17-16(21-18(25-17)14-9-5-3-6-10-14)15-13-24-20(26-15)11-7-4-8-12-20/h3,5-6,9-10,15-17H,2,4,7-8,11-13H2,1H3/t15-,16+,17+/m1/s1. The summed E-state index contributed by atoms with van der Waals surface area (Å²) in [4.78, 5) is 17.1. The van der Waals surface area contributed by atoms with Gasteiger partial charge in [-0.05, 0) is 31.9 Å². The van der Waals surface area contributed by atoms with E-state index >= 15 is 0 Å². The highest BCUT2D eigenvalue weighted by molar-refractivity contribution is 5.98. The molecule has 0 aromatic heterocycles. The summed E-state index contributed by atoms with van der Waals surface area (Å²) in [5, 5.41) is 0. The van der Waals surface area contributed by atoms with E-state index in [0.29, 0.717) is 19.1 Å². The molecule has 1 saturated heterocycles. The third kappa shape index (κ3) is 3.35. The zero-order chi connectivity index (χ0) is 18.0. The number of ether oxygens (including phenoxy) is 4. The maximum atomic E-state index is 12.4. The van der Waals surface area contributed by atoms with Gasteiger partial charge in [-0.25, -0.2) is 9.79 Å². The van der Waals surface area contributed by atoms with Crippen LogP contribution in [0.3, 0.4) is 0 Å². The minimum Gasteiger partial charge on any atom is -0.463 e. The van der Waals surface area contributed by atoms with Crippen LogP contribution in [-0.2, 0) is 23.7 Å². The van der Waals surface area contributed by atoms with Crippen molar-refractivity contribution in [2.24, 2.45) is 4.99 Å². The Kier molecular flexibility index (Phi) is 4.96. The van der Waals surface area contributed by atoms with Crippen molar-refractivity contribution in [2.75, 3.05) is 13.2 Å². The summed E-state index contributed by atoms with van der Waals surface area (Å²) in [6.07, 6.45) is 4.13. The molecule has 1 saturated carbocycles. The second-order valence-electron chi connectivity index (χ2n) is 7.02. The maximum Gasteiger partial charge on any atom is 0.349 e. The fourth-order valence-corrected chi connectivity index (χ4v) is 3.94. The van der Waals surface area contributed by atoms with Crippen molar-refractivity contribution >= 4 is 11.9 Å². The predicted octanol–water partition coefficient (Wildman–Crippen LogP) is 2.84. The lowest BCUT2D eigenvalue weighted by atomic mass is 9.94. The molecule has 26 heavy (non-hydrogen) atoms. The highest BCUT2D eigenvalue weighted by atomic mass is 16.7. The quantitative estimate of drug-likeness (QED) is 0.774. The molecule has 2 aliphatic heterocycles. The Morgan fingerprint density at radius 3 is 2.73 bits per heavy atom. The smallest absolute Gasteiger partial charge is 0.349 e.